The van der Waals surface area contributed by atoms with Crippen molar-refractivity contribution in [3.8, 4) is 0 Å². The quantitative estimate of drug-likeness (QED) is 0.461. The molecule has 0 saturated heterocycles. The number of nitrogens with zero attached hydrogens (tertiary/aromatic N) is 1. The normalized spacial score (nSPS) is 9.00. The van der Waals surface area contributed by atoms with Gasteiger partial charge >= 0.3 is 5.37 Å². The zero-order valence-electron chi connectivity index (χ0n) is 4.39. The van der Waals surface area contributed by atoms with Crippen molar-refractivity contribution in [3.05, 3.63) is 12.4 Å². The van der Waals surface area contributed by atoms with Crippen molar-refractivity contribution in [3.63, 3.8) is 0 Å². The molecule has 1 aromatic rings. The molecule has 0 radical (unpaired) electrons. The molecular weight excluding hydrogens is 142 g/mol. The van der Waals surface area contributed by atoms with E-state index in [0.29, 0.717) is 5.95 Å². The van der Waals surface area contributed by atoms with Crippen LogP contribution in [0.5, 0.6) is 0 Å². The van der Waals surface area contributed by atoms with Crippen LogP contribution in [0.2, 0.25) is 0 Å². The molecular formula is C4H4ClN3O. The summed E-state index contributed by atoms with van der Waals surface area (Å²) < 4.78 is 0. The molecule has 1 aromatic heterocycles. The van der Waals surface area contributed by atoms with E-state index in [4.69, 9.17) is 11.6 Å². The zero-order chi connectivity index (χ0) is 6.69. The predicted octanol–water partition coefficient (Wildman–Crippen LogP) is 1.18. The summed E-state index contributed by atoms with van der Waals surface area (Å²) in [6.45, 7) is 0. The third-order valence-corrected chi connectivity index (χ3v) is 0.809. The number of carbonyl (C=O) groups is 1. The molecule has 48 valence electrons. The van der Waals surface area contributed by atoms with Crippen molar-refractivity contribution in [2.75, 3.05) is 5.32 Å². The van der Waals surface area contributed by atoms with E-state index in [-0.39, 0.29) is 0 Å². The highest BCUT2D eigenvalue weighted by atomic mass is 35.5. The Bertz CT molecular complexity index is 196. The van der Waals surface area contributed by atoms with Gasteiger partial charge in [0.15, 0.2) is 0 Å². The fraction of sp³-hybridized carbons (Fsp3) is 0. The lowest BCUT2D eigenvalue weighted by atomic mass is 11.0. The monoisotopic (exact) mass is 145 g/mol. The Kier molecular flexibility index (Phi) is 1.69. The first-order chi connectivity index (χ1) is 4.29. The van der Waals surface area contributed by atoms with Crippen LogP contribution < -0.4 is 5.32 Å². The van der Waals surface area contributed by atoms with E-state index in [1.54, 1.807) is 6.20 Å². The topological polar surface area (TPSA) is 57.8 Å². The van der Waals surface area contributed by atoms with Gasteiger partial charge in [-0.25, -0.2) is 4.98 Å². The predicted molar refractivity (Wildman–Crippen MR) is 33.5 cm³/mol. The molecule has 0 aliphatic heterocycles. The molecule has 0 fully saturated rings. The first-order valence-corrected chi connectivity index (χ1v) is 2.62. The fourth-order valence-corrected chi connectivity index (χ4v) is 0.516. The second-order valence-electron chi connectivity index (χ2n) is 1.34. The molecule has 5 heteroatoms. The Hall–Kier alpha value is -1.03. The first kappa shape index (κ1) is 6.10. The second kappa shape index (κ2) is 2.50. The summed E-state index contributed by atoms with van der Waals surface area (Å²) in [4.78, 5) is 16.4. The van der Waals surface area contributed by atoms with Gasteiger partial charge in [-0.1, -0.05) is 0 Å². The van der Waals surface area contributed by atoms with E-state index in [0.717, 1.165) is 0 Å². The van der Waals surface area contributed by atoms with Crippen LogP contribution in [0.3, 0.4) is 0 Å². The van der Waals surface area contributed by atoms with Gasteiger partial charge in [0.05, 0.1) is 0 Å². The summed E-state index contributed by atoms with van der Waals surface area (Å²) in [5.74, 6) is 0.356. The number of hydrogen-bond donors (Lipinski definition) is 2. The summed E-state index contributed by atoms with van der Waals surface area (Å²) in [5, 5.41) is 1.60. The van der Waals surface area contributed by atoms with Gasteiger partial charge < -0.3 is 4.98 Å². The van der Waals surface area contributed by atoms with Gasteiger partial charge in [0, 0.05) is 12.4 Å². The first-order valence-electron chi connectivity index (χ1n) is 2.25. The van der Waals surface area contributed by atoms with Crippen LogP contribution in [-0.2, 0) is 0 Å². The Morgan fingerprint density at radius 3 is 3.11 bits per heavy atom. The summed E-state index contributed by atoms with van der Waals surface area (Å²) in [6, 6.07) is 0. The Morgan fingerprint density at radius 2 is 2.67 bits per heavy atom. The number of aromatic nitrogens is 2. The zero-order valence-corrected chi connectivity index (χ0v) is 5.14. The van der Waals surface area contributed by atoms with Gasteiger partial charge in [0.2, 0.25) is 5.95 Å². The molecule has 9 heavy (non-hydrogen) atoms. The van der Waals surface area contributed by atoms with Crippen molar-refractivity contribution in [2.24, 2.45) is 0 Å². The van der Waals surface area contributed by atoms with Crippen LogP contribution >= 0.6 is 11.6 Å². The lowest BCUT2D eigenvalue weighted by Crippen LogP contribution is -2.01. The van der Waals surface area contributed by atoms with Crippen molar-refractivity contribution < 1.29 is 4.79 Å². The lowest BCUT2D eigenvalue weighted by Gasteiger charge is -1.89. The maximum Gasteiger partial charge on any atom is 0.320 e. The van der Waals surface area contributed by atoms with Crippen molar-refractivity contribution >= 4 is 22.9 Å². The molecule has 0 aliphatic rings. The highest BCUT2D eigenvalue weighted by Gasteiger charge is 1.95. The number of hydrogen-bond acceptors (Lipinski definition) is 2. The molecule has 0 aliphatic carbocycles. The summed E-state index contributed by atoms with van der Waals surface area (Å²) in [5.41, 5.74) is 0. The fourth-order valence-electron chi connectivity index (χ4n) is 0.427. The Balaban J connectivity index is 2.58. The molecule has 1 heterocycles. The van der Waals surface area contributed by atoms with Crippen molar-refractivity contribution in [2.45, 2.75) is 0 Å². The molecule has 4 nitrogen and oxygen atoms in total. The van der Waals surface area contributed by atoms with Crippen LogP contribution in [-0.4, -0.2) is 15.3 Å². The van der Waals surface area contributed by atoms with Crippen LogP contribution in [0.1, 0.15) is 0 Å². The van der Waals surface area contributed by atoms with E-state index in [2.05, 4.69) is 15.3 Å². The number of halogens is 1. The van der Waals surface area contributed by atoms with Crippen LogP contribution in [0, 0.1) is 0 Å². The summed E-state index contributed by atoms with van der Waals surface area (Å²) in [6.07, 6.45) is 3.10. The number of nitrogens with one attached hydrogen (secondary N) is 2. The SMILES string of the molecule is O=C(Cl)Nc1ncc[nH]1. The molecule has 0 spiro atoms. The number of H-pyrrole nitrogens is 1. The largest absolute Gasteiger partial charge is 0.331 e. The van der Waals surface area contributed by atoms with E-state index >= 15 is 0 Å². The van der Waals surface area contributed by atoms with Crippen molar-refractivity contribution in [1.29, 1.82) is 0 Å². The molecule has 0 atom stereocenters. The van der Waals surface area contributed by atoms with Gasteiger partial charge in [-0.05, 0) is 11.6 Å². The summed E-state index contributed by atoms with van der Waals surface area (Å²) >= 11 is 4.96. The van der Waals surface area contributed by atoms with E-state index in [1.165, 1.54) is 6.20 Å². The van der Waals surface area contributed by atoms with Crippen LogP contribution in [0.4, 0.5) is 10.7 Å². The molecule has 0 unspecified atom stereocenters. The average molecular weight is 146 g/mol. The highest BCUT2D eigenvalue weighted by molar-refractivity contribution is 6.65. The van der Waals surface area contributed by atoms with Crippen LogP contribution in [0.15, 0.2) is 12.4 Å². The number of imidazole rings is 1. The molecule has 1 rings (SSSR count). The molecule has 0 bridgehead atoms. The minimum absolute atomic E-state index is 0.356. The van der Waals surface area contributed by atoms with Crippen LogP contribution in [0.25, 0.3) is 0 Å². The Labute approximate surface area is 56.2 Å². The standard InChI is InChI=1S/C4H4ClN3O/c5-3(9)8-4-6-1-2-7-4/h1-2H,(H2,6,7,8,9). The third-order valence-electron chi connectivity index (χ3n) is 0.715. The van der Waals surface area contributed by atoms with Gasteiger partial charge in [-0.3, -0.25) is 10.1 Å². The number of amides is 1. The number of rotatable bonds is 1. The highest BCUT2D eigenvalue weighted by Crippen LogP contribution is 1.95. The molecule has 2 N–H and O–H groups in total. The maximum absolute atomic E-state index is 10.1. The molecule has 0 saturated carbocycles. The minimum atomic E-state index is -0.648. The van der Waals surface area contributed by atoms with Gasteiger partial charge in [0.1, 0.15) is 0 Å². The van der Waals surface area contributed by atoms with Gasteiger partial charge in [-0.15, -0.1) is 0 Å². The molecule has 1 amide bonds. The van der Waals surface area contributed by atoms with Gasteiger partial charge in [-0.2, -0.15) is 0 Å². The van der Waals surface area contributed by atoms with Gasteiger partial charge in [0.25, 0.3) is 0 Å². The summed E-state index contributed by atoms with van der Waals surface area (Å²) in [7, 11) is 0. The molecule has 0 aromatic carbocycles. The third kappa shape index (κ3) is 1.73. The van der Waals surface area contributed by atoms with E-state index < -0.39 is 5.37 Å². The second-order valence-corrected chi connectivity index (χ2v) is 1.68. The van der Waals surface area contributed by atoms with E-state index in [9.17, 15) is 4.79 Å². The number of carbonyl (C=O) groups excluding carboxylic acids is 1. The average Bonchev–Trinajstić information content (AvgIpc) is 2.15. The lowest BCUT2D eigenvalue weighted by molar-refractivity contribution is 0.269. The number of aromatic amines is 1. The Morgan fingerprint density at radius 1 is 1.89 bits per heavy atom. The number of anilines is 1. The van der Waals surface area contributed by atoms with E-state index in [1.807, 2.05) is 0 Å². The smallest absolute Gasteiger partial charge is 0.320 e. The van der Waals surface area contributed by atoms with Crippen molar-refractivity contribution in [1.82, 2.24) is 9.97 Å². The minimum Gasteiger partial charge on any atom is -0.331 e. The maximum atomic E-state index is 10.1.